The van der Waals surface area contributed by atoms with Crippen LogP contribution in [0.3, 0.4) is 0 Å². The van der Waals surface area contributed by atoms with Crippen molar-refractivity contribution in [2.75, 3.05) is 11.1 Å². The summed E-state index contributed by atoms with van der Waals surface area (Å²) in [5, 5.41) is 2.39. The molecular formula is C14H19F3N2O2. The van der Waals surface area contributed by atoms with Crippen molar-refractivity contribution in [3.63, 3.8) is 0 Å². The van der Waals surface area contributed by atoms with Crippen LogP contribution in [0.25, 0.3) is 0 Å². The molecule has 0 fully saturated rings. The second-order valence-electron chi connectivity index (χ2n) is 4.79. The number of anilines is 2. The summed E-state index contributed by atoms with van der Waals surface area (Å²) in [7, 11) is 0. The Hall–Kier alpha value is -1.76. The fraction of sp³-hybridized carbons (Fsp3) is 0.500. The Bertz CT molecular complexity index is 503. The zero-order valence-corrected chi connectivity index (χ0v) is 12.1. The molecule has 0 radical (unpaired) electrons. The zero-order valence-electron chi connectivity index (χ0n) is 12.1. The van der Waals surface area contributed by atoms with Gasteiger partial charge >= 0.3 is 6.18 Å². The molecule has 1 rings (SSSR count). The van der Waals surface area contributed by atoms with Gasteiger partial charge in [-0.2, -0.15) is 13.2 Å². The van der Waals surface area contributed by atoms with E-state index in [4.69, 9.17) is 10.5 Å². The van der Waals surface area contributed by atoms with Gasteiger partial charge < -0.3 is 15.8 Å². The van der Waals surface area contributed by atoms with Gasteiger partial charge in [0.25, 0.3) is 5.91 Å². The van der Waals surface area contributed by atoms with E-state index in [1.165, 1.54) is 6.07 Å². The number of ether oxygens (including phenoxy) is 1. The Balaban J connectivity index is 2.82. The molecule has 2 atom stereocenters. The number of carbonyl (C=O) groups excluding carboxylic acids is 1. The summed E-state index contributed by atoms with van der Waals surface area (Å²) < 4.78 is 43.6. The summed E-state index contributed by atoms with van der Waals surface area (Å²) in [5.41, 5.74) is 3.96. The first-order valence-corrected chi connectivity index (χ1v) is 6.58. The van der Waals surface area contributed by atoms with E-state index in [9.17, 15) is 18.0 Å². The van der Waals surface area contributed by atoms with E-state index in [2.05, 4.69) is 5.32 Å². The van der Waals surface area contributed by atoms with Gasteiger partial charge in [0.1, 0.15) is 6.10 Å². The van der Waals surface area contributed by atoms with Crippen LogP contribution in [0.4, 0.5) is 24.5 Å². The lowest BCUT2D eigenvalue weighted by atomic mass is 10.1. The van der Waals surface area contributed by atoms with E-state index in [0.29, 0.717) is 0 Å². The van der Waals surface area contributed by atoms with Crippen LogP contribution in [0.5, 0.6) is 0 Å². The number of carbonyl (C=O) groups is 1. The Morgan fingerprint density at radius 2 is 2.00 bits per heavy atom. The van der Waals surface area contributed by atoms with Crippen molar-refractivity contribution in [3.05, 3.63) is 23.8 Å². The molecule has 4 nitrogen and oxygen atoms in total. The standard InChI is InChI=1S/C14H19F3N2O2/c1-4-8(2)21-9(3)13(20)19-10-5-6-12(18)11(7-10)14(15,16)17/h5-9H,4,18H2,1-3H3,(H,19,20). The number of rotatable bonds is 5. The second-order valence-corrected chi connectivity index (χ2v) is 4.79. The lowest BCUT2D eigenvalue weighted by Crippen LogP contribution is -2.30. The summed E-state index contributed by atoms with van der Waals surface area (Å²) in [6.45, 7) is 5.27. The van der Waals surface area contributed by atoms with Gasteiger partial charge in [0.15, 0.2) is 0 Å². The lowest BCUT2D eigenvalue weighted by Gasteiger charge is -2.18. The third-order valence-electron chi connectivity index (χ3n) is 3.01. The molecule has 0 spiro atoms. The van der Waals surface area contributed by atoms with Gasteiger partial charge in [-0.3, -0.25) is 4.79 Å². The van der Waals surface area contributed by atoms with Crippen LogP contribution < -0.4 is 11.1 Å². The molecule has 0 bridgehead atoms. The van der Waals surface area contributed by atoms with Crippen molar-refractivity contribution in [2.45, 2.75) is 45.6 Å². The number of hydrogen-bond donors (Lipinski definition) is 2. The van der Waals surface area contributed by atoms with Gasteiger partial charge in [0, 0.05) is 11.4 Å². The van der Waals surface area contributed by atoms with Crippen LogP contribution in [0.15, 0.2) is 18.2 Å². The molecule has 3 N–H and O–H groups in total. The average Bonchev–Trinajstić information content (AvgIpc) is 2.39. The van der Waals surface area contributed by atoms with Gasteiger partial charge in [-0.05, 0) is 38.5 Å². The van der Waals surface area contributed by atoms with E-state index >= 15 is 0 Å². The molecular weight excluding hydrogens is 285 g/mol. The summed E-state index contributed by atoms with van der Waals surface area (Å²) >= 11 is 0. The van der Waals surface area contributed by atoms with Crippen LogP contribution in [0, 0.1) is 0 Å². The van der Waals surface area contributed by atoms with Crippen LogP contribution in [0.1, 0.15) is 32.8 Å². The van der Waals surface area contributed by atoms with Gasteiger partial charge in [-0.1, -0.05) is 6.92 Å². The van der Waals surface area contributed by atoms with E-state index in [1.807, 2.05) is 13.8 Å². The third-order valence-corrected chi connectivity index (χ3v) is 3.01. The largest absolute Gasteiger partial charge is 0.418 e. The smallest absolute Gasteiger partial charge is 0.398 e. The van der Waals surface area contributed by atoms with Crippen molar-refractivity contribution in [1.82, 2.24) is 0 Å². The molecule has 1 aromatic carbocycles. The molecule has 0 aliphatic rings. The highest BCUT2D eigenvalue weighted by molar-refractivity contribution is 5.94. The van der Waals surface area contributed by atoms with Gasteiger partial charge in [0.05, 0.1) is 11.7 Å². The molecule has 118 valence electrons. The Morgan fingerprint density at radius 1 is 1.38 bits per heavy atom. The number of alkyl halides is 3. The fourth-order valence-electron chi connectivity index (χ4n) is 1.63. The first-order chi connectivity index (χ1) is 9.65. The summed E-state index contributed by atoms with van der Waals surface area (Å²) in [5.74, 6) is -0.506. The number of nitrogen functional groups attached to an aromatic ring is 1. The number of benzene rings is 1. The topological polar surface area (TPSA) is 64.3 Å². The molecule has 2 unspecified atom stereocenters. The monoisotopic (exact) mass is 304 g/mol. The molecule has 7 heteroatoms. The maximum Gasteiger partial charge on any atom is 0.418 e. The van der Waals surface area contributed by atoms with Gasteiger partial charge in [-0.25, -0.2) is 0 Å². The van der Waals surface area contributed by atoms with E-state index in [0.717, 1.165) is 18.6 Å². The minimum Gasteiger partial charge on any atom is -0.398 e. The molecule has 0 heterocycles. The quantitative estimate of drug-likeness (QED) is 0.819. The average molecular weight is 304 g/mol. The first-order valence-electron chi connectivity index (χ1n) is 6.58. The van der Waals surface area contributed by atoms with E-state index < -0.39 is 23.8 Å². The van der Waals surface area contributed by atoms with E-state index in [1.54, 1.807) is 6.92 Å². The van der Waals surface area contributed by atoms with Crippen molar-refractivity contribution in [2.24, 2.45) is 0 Å². The van der Waals surface area contributed by atoms with Crippen LogP contribution in [-0.2, 0) is 15.7 Å². The summed E-state index contributed by atoms with van der Waals surface area (Å²) in [4.78, 5) is 11.9. The van der Waals surface area contributed by atoms with Crippen LogP contribution >= 0.6 is 0 Å². The van der Waals surface area contributed by atoms with Crippen molar-refractivity contribution in [1.29, 1.82) is 0 Å². The minimum atomic E-state index is -4.57. The Morgan fingerprint density at radius 3 is 2.52 bits per heavy atom. The van der Waals surface area contributed by atoms with Crippen LogP contribution in [-0.4, -0.2) is 18.1 Å². The maximum absolute atomic E-state index is 12.7. The minimum absolute atomic E-state index is 0.0288. The highest BCUT2D eigenvalue weighted by atomic mass is 19.4. The number of hydrogen-bond acceptors (Lipinski definition) is 3. The van der Waals surface area contributed by atoms with Crippen LogP contribution in [0.2, 0.25) is 0 Å². The van der Waals surface area contributed by atoms with Gasteiger partial charge in [0.2, 0.25) is 0 Å². The van der Waals surface area contributed by atoms with Gasteiger partial charge in [-0.15, -0.1) is 0 Å². The molecule has 0 saturated heterocycles. The highest BCUT2D eigenvalue weighted by Crippen LogP contribution is 2.35. The predicted molar refractivity (Wildman–Crippen MR) is 74.8 cm³/mol. The number of nitrogens with two attached hydrogens (primary N) is 1. The summed E-state index contributed by atoms with van der Waals surface area (Å²) in [6, 6.07) is 3.24. The molecule has 21 heavy (non-hydrogen) atoms. The normalized spacial score (nSPS) is 14.6. The third kappa shape index (κ3) is 4.93. The van der Waals surface area contributed by atoms with E-state index in [-0.39, 0.29) is 17.5 Å². The van der Waals surface area contributed by atoms with Crippen molar-refractivity contribution < 1.29 is 22.7 Å². The molecule has 0 aromatic heterocycles. The highest BCUT2D eigenvalue weighted by Gasteiger charge is 2.33. The molecule has 1 aromatic rings. The fourth-order valence-corrected chi connectivity index (χ4v) is 1.63. The predicted octanol–water partition coefficient (Wildman–Crippen LogP) is 3.43. The van der Waals surface area contributed by atoms with Crippen molar-refractivity contribution in [3.8, 4) is 0 Å². The lowest BCUT2D eigenvalue weighted by molar-refractivity contribution is -0.137. The molecule has 0 saturated carbocycles. The molecule has 0 aliphatic carbocycles. The molecule has 1 amide bonds. The Kier molecular flexibility index (Phi) is 5.60. The summed E-state index contributed by atoms with van der Waals surface area (Å²) in [6.07, 6.45) is -4.70. The SMILES string of the molecule is CCC(C)OC(C)C(=O)Nc1ccc(N)c(C(F)(F)F)c1. The zero-order chi connectivity index (χ0) is 16.2. The molecule has 0 aliphatic heterocycles. The Labute approximate surface area is 121 Å². The van der Waals surface area contributed by atoms with Crippen molar-refractivity contribution >= 4 is 17.3 Å². The number of halogens is 3. The maximum atomic E-state index is 12.7. The second kappa shape index (κ2) is 6.80. The number of amides is 1. The number of nitrogens with one attached hydrogen (secondary N) is 1. The first kappa shape index (κ1) is 17.3.